The molecule has 1 N–H and O–H groups in total. The Hall–Kier alpha value is -2.49. The average Bonchev–Trinajstić information content (AvgIpc) is 2.58. The van der Waals surface area contributed by atoms with Gasteiger partial charge < -0.3 is 14.6 Å². The molecule has 0 radical (unpaired) electrons. The number of benzene rings is 2. The lowest BCUT2D eigenvalue weighted by atomic mass is 9.87. The van der Waals surface area contributed by atoms with E-state index < -0.39 is 5.97 Å². The minimum absolute atomic E-state index is 0.0130. The molecular weight excluding hydrogens is 328 g/mol. The van der Waals surface area contributed by atoms with Crippen molar-refractivity contribution in [3.05, 3.63) is 59.7 Å². The highest BCUT2D eigenvalue weighted by Crippen LogP contribution is 2.24. The molecule has 0 saturated heterocycles. The maximum absolute atomic E-state index is 10.8. The van der Waals surface area contributed by atoms with E-state index in [-0.39, 0.29) is 17.8 Å². The number of hydrogen-bond donors (Lipinski definition) is 1. The van der Waals surface area contributed by atoms with Crippen LogP contribution in [0.2, 0.25) is 0 Å². The Morgan fingerprint density at radius 2 is 1.38 bits per heavy atom. The lowest BCUT2D eigenvalue weighted by Gasteiger charge is -2.19. The lowest BCUT2D eigenvalue weighted by Crippen LogP contribution is -2.11. The molecule has 0 aliphatic heterocycles. The molecule has 0 spiro atoms. The van der Waals surface area contributed by atoms with Crippen molar-refractivity contribution in [3.8, 4) is 11.5 Å². The fourth-order valence-electron chi connectivity index (χ4n) is 2.64. The van der Waals surface area contributed by atoms with E-state index >= 15 is 0 Å². The number of hydrogen-bond acceptors (Lipinski definition) is 3. The van der Waals surface area contributed by atoms with E-state index in [9.17, 15) is 4.79 Å². The van der Waals surface area contributed by atoms with Gasteiger partial charge in [0.05, 0.1) is 6.42 Å². The van der Waals surface area contributed by atoms with Crippen molar-refractivity contribution in [2.24, 2.45) is 0 Å². The van der Waals surface area contributed by atoms with Crippen molar-refractivity contribution in [1.29, 1.82) is 0 Å². The molecule has 140 valence electrons. The zero-order chi connectivity index (χ0) is 19.2. The number of ether oxygens (including phenoxy) is 2. The van der Waals surface area contributed by atoms with E-state index in [4.69, 9.17) is 14.6 Å². The molecule has 0 fully saturated rings. The molecule has 0 aliphatic rings. The van der Waals surface area contributed by atoms with Gasteiger partial charge in [-0.05, 0) is 46.7 Å². The minimum atomic E-state index is -0.787. The summed E-state index contributed by atoms with van der Waals surface area (Å²) in [6.07, 6.45) is 0.127. The molecular formula is C22H28O4. The summed E-state index contributed by atoms with van der Waals surface area (Å²) in [5.41, 5.74) is 2.41. The van der Waals surface area contributed by atoms with Gasteiger partial charge in [-0.1, -0.05) is 52.0 Å². The van der Waals surface area contributed by atoms with Crippen molar-refractivity contribution in [1.82, 2.24) is 0 Å². The number of rotatable bonds is 8. The van der Waals surface area contributed by atoms with E-state index in [1.165, 1.54) is 5.56 Å². The molecule has 2 aromatic carbocycles. The Labute approximate surface area is 155 Å². The predicted octanol–water partition coefficient (Wildman–Crippen LogP) is 5.02. The van der Waals surface area contributed by atoms with Gasteiger partial charge in [0.25, 0.3) is 0 Å². The fraction of sp³-hybridized carbons (Fsp3) is 0.409. The normalized spacial score (nSPS) is 12.5. The fourth-order valence-corrected chi connectivity index (χ4v) is 2.64. The van der Waals surface area contributed by atoms with Gasteiger partial charge in [-0.15, -0.1) is 0 Å². The van der Waals surface area contributed by atoms with Crippen LogP contribution in [0.25, 0.3) is 0 Å². The second-order valence-corrected chi connectivity index (χ2v) is 7.54. The van der Waals surface area contributed by atoms with Crippen LogP contribution in [0.5, 0.6) is 11.5 Å². The van der Waals surface area contributed by atoms with Crippen LogP contribution in [0.4, 0.5) is 0 Å². The van der Waals surface area contributed by atoms with Gasteiger partial charge in [0, 0.05) is 0 Å². The van der Waals surface area contributed by atoms with Gasteiger partial charge in [-0.3, -0.25) is 4.79 Å². The van der Waals surface area contributed by atoms with Crippen LogP contribution in [0, 0.1) is 0 Å². The summed E-state index contributed by atoms with van der Waals surface area (Å²) in [6.45, 7) is 9.37. The van der Waals surface area contributed by atoms with Crippen molar-refractivity contribution in [2.75, 3.05) is 13.2 Å². The monoisotopic (exact) mass is 356 g/mol. The zero-order valence-electron chi connectivity index (χ0n) is 16.0. The summed E-state index contributed by atoms with van der Waals surface area (Å²) in [5.74, 6) is 0.786. The lowest BCUT2D eigenvalue weighted by molar-refractivity contribution is -0.137. The average molecular weight is 356 g/mol. The number of carboxylic acids is 1. The van der Waals surface area contributed by atoms with Crippen LogP contribution >= 0.6 is 0 Å². The molecule has 2 aromatic rings. The highest BCUT2D eigenvalue weighted by Gasteiger charge is 2.13. The molecule has 1 unspecified atom stereocenters. The first-order valence-corrected chi connectivity index (χ1v) is 8.93. The summed E-state index contributed by atoms with van der Waals surface area (Å²) < 4.78 is 11.4. The third kappa shape index (κ3) is 6.10. The Morgan fingerprint density at radius 3 is 1.81 bits per heavy atom. The van der Waals surface area contributed by atoms with Crippen molar-refractivity contribution in [3.63, 3.8) is 0 Å². The molecule has 0 bridgehead atoms. The third-order valence-corrected chi connectivity index (χ3v) is 4.27. The molecule has 1 atom stereocenters. The highest BCUT2D eigenvalue weighted by molar-refractivity contribution is 5.67. The van der Waals surface area contributed by atoms with E-state index in [1.807, 2.05) is 43.3 Å². The topological polar surface area (TPSA) is 55.8 Å². The van der Waals surface area contributed by atoms with Gasteiger partial charge in [0.2, 0.25) is 0 Å². The molecule has 0 aliphatic carbocycles. The van der Waals surface area contributed by atoms with Crippen molar-refractivity contribution in [2.45, 2.75) is 45.4 Å². The summed E-state index contributed by atoms with van der Waals surface area (Å²) >= 11 is 0. The molecule has 2 rings (SSSR count). The summed E-state index contributed by atoms with van der Waals surface area (Å²) in [6, 6.07) is 15.7. The first-order chi connectivity index (χ1) is 12.3. The standard InChI is InChI=1S/C22H28O4/c1-16(15-21(23)24)17-5-9-19(10-6-17)25-13-14-26-20-11-7-18(8-12-20)22(2,3)4/h5-12,16H,13-15H2,1-4H3,(H,23,24). The van der Waals surface area contributed by atoms with Crippen molar-refractivity contribution < 1.29 is 19.4 Å². The largest absolute Gasteiger partial charge is 0.490 e. The number of aliphatic carboxylic acids is 1. The van der Waals surface area contributed by atoms with Crippen LogP contribution in [0.1, 0.15) is 51.2 Å². The van der Waals surface area contributed by atoms with E-state index in [1.54, 1.807) is 0 Å². The smallest absolute Gasteiger partial charge is 0.303 e. The predicted molar refractivity (Wildman–Crippen MR) is 103 cm³/mol. The van der Waals surface area contributed by atoms with E-state index in [0.717, 1.165) is 17.1 Å². The first-order valence-electron chi connectivity index (χ1n) is 8.93. The van der Waals surface area contributed by atoms with Crippen LogP contribution in [0.15, 0.2) is 48.5 Å². The van der Waals surface area contributed by atoms with Crippen LogP contribution in [-0.4, -0.2) is 24.3 Å². The van der Waals surface area contributed by atoms with Gasteiger partial charge in [0.1, 0.15) is 24.7 Å². The van der Waals surface area contributed by atoms with Gasteiger partial charge in [-0.2, -0.15) is 0 Å². The molecule has 4 nitrogen and oxygen atoms in total. The van der Waals surface area contributed by atoms with Crippen LogP contribution < -0.4 is 9.47 Å². The van der Waals surface area contributed by atoms with E-state index in [0.29, 0.717) is 13.2 Å². The van der Waals surface area contributed by atoms with Gasteiger partial charge in [0.15, 0.2) is 0 Å². The number of carboxylic acid groups (broad SMARTS) is 1. The summed E-state index contributed by atoms with van der Waals surface area (Å²) in [5, 5.41) is 8.85. The van der Waals surface area contributed by atoms with E-state index in [2.05, 4.69) is 32.9 Å². The number of carbonyl (C=O) groups is 1. The van der Waals surface area contributed by atoms with Crippen LogP contribution in [0.3, 0.4) is 0 Å². The second-order valence-electron chi connectivity index (χ2n) is 7.54. The zero-order valence-corrected chi connectivity index (χ0v) is 16.0. The Balaban J connectivity index is 1.77. The Morgan fingerprint density at radius 1 is 0.923 bits per heavy atom. The summed E-state index contributed by atoms with van der Waals surface area (Å²) in [7, 11) is 0. The molecule has 0 amide bonds. The third-order valence-electron chi connectivity index (χ3n) is 4.27. The quantitative estimate of drug-likeness (QED) is 0.675. The van der Waals surface area contributed by atoms with Crippen LogP contribution in [-0.2, 0) is 10.2 Å². The van der Waals surface area contributed by atoms with Crippen molar-refractivity contribution >= 4 is 5.97 Å². The molecule has 0 aromatic heterocycles. The Kier molecular flexibility index (Phi) is 6.67. The first kappa shape index (κ1) is 19.8. The van der Waals surface area contributed by atoms with Gasteiger partial charge in [-0.25, -0.2) is 0 Å². The summed E-state index contributed by atoms with van der Waals surface area (Å²) in [4.78, 5) is 10.8. The SMILES string of the molecule is CC(CC(=O)O)c1ccc(OCCOc2ccc(C(C)(C)C)cc2)cc1. The molecule has 26 heavy (non-hydrogen) atoms. The highest BCUT2D eigenvalue weighted by atomic mass is 16.5. The molecule has 4 heteroatoms. The molecule has 0 heterocycles. The Bertz CT molecular complexity index is 696. The minimum Gasteiger partial charge on any atom is -0.490 e. The maximum atomic E-state index is 10.8. The second kappa shape index (κ2) is 8.75. The molecule has 0 saturated carbocycles. The van der Waals surface area contributed by atoms with Gasteiger partial charge >= 0.3 is 5.97 Å². The maximum Gasteiger partial charge on any atom is 0.303 e.